The highest BCUT2D eigenvalue weighted by atomic mass is 19.1. The van der Waals surface area contributed by atoms with Crippen LogP contribution in [0.4, 0.5) is 4.39 Å². The Bertz CT molecular complexity index is 395. The summed E-state index contributed by atoms with van der Waals surface area (Å²) in [7, 11) is 4.12. The molecule has 0 amide bonds. The maximum Gasteiger partial charge on any atom is 0.141 e. The number of aromatic nitrogens is 1. The number of pyridine rings is 1. The molecule has 1 atom stereocenters. The molecule has 0 radical (unpaired) electrons. The Hall–Kier alpha value is -1.04. The molecule has 0 aliphatic rings. The maximum absolute atomic E-state index is 12.8. The lowest BCUT2D eigenvalue weighted by Crippen LogP contribution is -2.35. The van der Waals surface area contributed by atoms with Crippen LogP contribution in [0, 0.1) is 11.7 Å². The van der Waals surface area contributed by atoms with Gasteiger partial charge in [-0.3, -0.25) is 4.98 Å². The summed E-state index contributed by atoms with van der Waals surface area (Å²) in [5.41, 5.74) is 0.536. The molecule has 0 fully saturated rings. The van der Waals surface area contributed by atoms with E-state index in [4.69, 9.17) is 0 Å². The van der Waals surface area contributed by atoms with Gasteiger partial charge >= 0.3 is 0 Å². The zero-order chi connectivity index (χ0) is 15.8. The lowest BCUT2D eigenvalue weighted by Gasteiger charge is -2.26. The number of likely N-dealkylation sites (N-methyl/N-ethyl adjacent to an activating group) is 1. The molecule has 120 valence electrons. The molecule has 0 aromatic carbocycles. The summed E-state index contributed by atoms with van der Waals surface area (Å²) in [6.07, 6.45) is 1.12. The monoisotopic (exact) mass is 297 g/mol. The van der Waals surface area contributed by atoms with Crippen LogP contribution in [-0.2, 0) is 0 Å². The minimum atomic E-state index is -0.639. The minimum Gasteiger partial charge on any atom is -0.387 e. The third-order valence-electron chi connectivity index (χ3n) is 3.30. The molecule has 1 N–H and O–H groups in total. The Balaban J connectivity index is 2.48. The predicted molar refractivity (Wildman–Crippen MR) is 83.6 cm³/mol. The van der Waals surface area contributed by atoms with Crippen LogP contribution < -0.4 is 0 Å². The topological polar surface area (TPSA) is 39.6 Å². The van der Waals surface area contributed by atoms with Crippen LogP contribution in [0.1, 0.15) is 32.1 Å². The lowest BCUT2D eigenvalue weighted by molar-refractivity contribution is 0.130. The van der Waals surface area contributed by atoms with Gasteiger partial charge in [0.15, 0.2) is 0 Å². The van der Waals surface area contributed by atoms with E-state index in [1.54, 1.807) is 6.07 Å². The van der Waals surface area contributed by atoms with Crippen LogP contribution in [0.25, 0.3) is 0 Å². The highest BCUT2D eigenvalue weighted by Crippen LogP contribution is 2.15. The Morgan fingerprint density at radius 2 is 1.90 bits per heavy atom. The lowest BCUT2D eigenvalue weighted by atomic mass is 10.1. The van der Waals surface area contributed by atoms with Crippen molar-refractivity contribution in [3.63, 3.8) is 0 Å². The van der Waals surface area contributed by atoms with E-state index in [1.165, 1.54) is 6.07 Å². The number of aliphatic hydroxyl groups is 1. The molecular weight excluding hydrogens is 269 g/mol. The molecule has 4 nitrogen and oxygen atoms in total. The van der Waals surface area contributed by atoms with Gasteiger partial charge in [-0.1, -0.05) is 13.8 Å². The normalized spacial score (nSPS) is 13.4. The molecule has 1 aromatic heterocycles. The summed E-state index contributed by atoms with van der Waals surface area (Å²) in [4.78, 5) is 8.46. The zero-order valence-corrected chi connectivity index (χ0v) is 13.6. The van der Waals surface area contributed by atoms with E-state index < -0.39 is 6.10 Å². The molecule has 5 heteroatoms. The third kappa shape index (κ3) is 7.50. The molecule has 1 unspecified atom stereocenters. The Kier molecular flexibility index (Phi) is 7.78. The van der Waals surface area contributed by atoms with Crippen molar-refractivity contribution in [3.05, 3.63) is 29.8 Å². The fourth-order valence-electron chi connectivity index (χ4n) is 2.19. The van der Waals surface area contributed by atoms with Gasteiger partial charge in [0.05, 0.1) is 18.0 Å². The van der Waals surface area contributed by atoms with Gasteiger partial charge in [0.1, 0.15) is 5.82 Å². The SMILES string of the molecule is CC(C)CN(CCC(O)c1ccc(F)cn1)CCN(C)C. The average Bonchev–Trinajstić information content (AvgIpc) is 2.41. The summed E-state index contributed by atoms with van der Waals surface area (Å²) in [6, 6.07) is 2.89. The van der Waals surface area contributed by atoms with Crippen molar-refractivity contribution in [2.24, 2.45) is 5.92 Å². The van der Waals surface area contributed by atoms with Gasteiger partial charge in [-0.15, -0.1) is 0 Å². The van der Waals surface area contributed by atoms with Crippen LogP contribution in [0.15, 0.2) is 18.3 Å². The largest absolute Gasteiger partial charge is 0.387 e. The van der Waals surface area contributed by atoms with Crippen LogP contribution in [0.2, 0.25) is 0 Å². The third-order valence-corrected chi connectivity index (χ3v) is 3.30. The van der Waals surface area contributed by atoms with E-state index in [2.05, 4.69) is 42.7 Å². The van der Waals surface area contributed by atoms with E-state index in [9.17, 15) is 9.50 Å². The Morgan fingerprint density at radius 3 is 2.43 bits per heavy atom. The molecule has 0 spiro atoms. The predicted octanol–water partition coefficient (Wildman–Crippen LogP) is 2.16. The molecule has 0 saturated carbocycles. The molecule has 0 saturated heterocycles. The molecule has 1 heterocycles. The van der Waals surface area contributed by atoms with Crippen molar-refractivity contribution >= 4 is 0 Å². The van der Waals surface area contributed by atoms with E-state index in [0.717, 1.165) is 32.4 Å². The molecule has 1 aromatic rings. The highest BCUT2D eigenvalue weighted by Gasteiger charge is 2.13. The van der Waals surface area contributed by atoms with Crippen molar-refractivity contribution in [2.75, 3.05) is 40.3 Å². The first kappa shape index (κ1) is 18.0. The Labute approximate surface area is 127 Å². The highest BCUT2D eigenvalue weighted by molar-refractivity contribution is 5.07. The van der Waals surface area contributed by atoms with Gasteiger partial charge in [-0.2, -0.15) is 0 Å². The second kappa shape index (κ2) is 9.07. The molecule has 1 rings (SSSR count). The zero-order valence-electron chi connectivity index (χ0n) is 13.6. The van der Waals surface area contributed by atoms with Gasteiger partial charge in [0.2, 0.25) is 0 Å². The molecule has 0 bridgehead atoms. The first-order valence-corrected chi connectivity index (χ1v) is 7.55. The minimum absolute atomic E-state index is 0.377. The number of hydrogen-bond donors (Lipinski definition) is 1. The van der Waals surface area contributed by atoms with Crippen molar-refractivity contribution in [2.45, 2.75) is 26.4 Å². The first-order valence-electron chi connectivity index (χ1n) is 7.55. The fraction of sp³-hybridized carbons (Fsp3) is 0.688. The quantitative estimate of drug-likeness (QED) is 0.758. The van der Waals surface area contributed by atoms with E-state index in [1.807, 2.05) is 0 Å². The van der Waals surface area contributed by atoms with Crippen LogP contribution in [0.5, 0.6) is 0 Å². The molecular formula is C16H28FN3O. The maximum atomic E-state index is 12.8. The van der Waals surface area contributed by atoms with Gasteiger partial charge in [-0.05, 0) is 38.6 Å². The average molecular weight is 297 g/mol. The summed E-state index contributed by atoms with van der Waals surface area (Å²) in [5, 5.41) is 10.1. The summed E-state index contributed by atoms with van der Waals surface area (Å²) in [6.45, 7) is 8.19. The second-order valence-corrected chi connectivity index (χ2v) is 6.20. The van der Waals surface area contributed by atoms with Gasteiger partial charge < -0.3 is 14.9 Å². The number of halogens is 1. The summed E-state index contributed by atoms with van der Waals surface area (Å²) in [5.74, 6) is 0.214. The van der Waals surface area contributed by atoms with Crippen molar-refractivity contribution in [1.29, 1.82) is 0 Å². The smallest absolute Gasteiger partial charge is 0.141 e. The van der Waals surface area contributed by atoms with Crippen LogP contribution in [-0.4, -0.2) is 60.2 Å². The second-order valence-electron chi connectivity index (χ2n) is 6.20. The number of hydrogen-bond acceptors (Lipinski definition) is 4. The van der Waals surface area contributed by atoms with Gasteiger partial charge in [-0.25, -0.2) is 4.39 Å². The molecule has 0 aliphatic heterocycles. The van der Waals surface area contributed by atoms with Crippen molar-refractivity contribution in [1.82, 2.24) is 14.8 Å². The fourth-order valence-corrected chi connectivity index (χ4v) is 2.19. The molecule has 21 heavy (non-hydrogen) atoms. The number of aliphatic hydroxyl groups excluding tert-OH is 1. The van der Waals surface area contributed by atoms with E-state index in [-0.39, 0.29) is 5.82 Å². The summed E-state index contributed by atoms with van der Waals surface area (Å²) < 4.78 is 12.8. The first-order chi connectivity index (χ1) is 9.88. The van der Waals surface area contributed by atoms with Gasteiger partial charge in [0.25, 0.3) is 0 Å². The van der Waals surface area contributed by atoms with Gasteiger partial charge in [0, 0.05) is 26.2 Å². The van der Waals surface area contributed by atoms with Crippen molar-refractivity contribution in [3.8, 4) is 0 Å². The standard InChI is InChI=1S/C16H28FN3O/c1-13(2)12-20(10-9-19(3)4)8-7-16(21)15-6-5-14(17)11-18-15/h5-6,11,13,16,21H,7-10,12H2,1-4H3. The summed E-state index contributed by atoms with van der Waals surface area (Å²) >= 11 is 0. The van der Waals surface area contributed by atoms with Crippen LogP contribution in [0.3, 0.4) is 0 Å². The van der Waals surface area contributed by atoms with Crippen LogP contribution >= 0.6 is 0 Å². The number of rotatable bonds is 9. The molecule has 0 aliphatic carbocycles. The van der Waals surface area contributed by atoms with E-state index in [0.29, 0.717) is 18.0 Å². The van der Waals surface area contributed by atoms with Crippen molar-refractivity contribution < 1.29 is 9.50 Å². The Morgan fingerprint density at radius 1 is 1.19 bits per heavy atom. The number of nitrogens with zero attached hydrogens (tertiary/aromatic N) is 3. The van der Waals surface area contributed by atoms with E-state index >= 15 is 0 Å².